The van der Waals surface area contributed by atoms with Crippen molar-refractivity contribution in [3.8, 4) is 0 Å². The van der Waals surface area contributed by atoms with Crippen molar-refractivity contribution < 1.29 is 14.5 Å². The lowest BCUT2D eigenvalue weighted by atomic mass is 9.87. The number of hydrogen-bond acceptors (Lipinski definition) is 2. The van der Waals surface area contributed by atoms with Gasteiger partial charge >= 0.3 is 0 Å². The molecule has 5 nitrogen and oxygen atoms in total. The molecule has 0 bridgehead atoms. The Labute approximate surface area is 133 Å². The van der Waals surface area contributed by atoms with E-state index in [2.05, 4.69) is 55.7 Å². The Morgan fingerprint density at radius 3 is 2.18 bits per heavy atom. The Kier molecular flexibility index (Phi) is 6.56. The van der Waals surface area contributed by atoms with Gasteiger partial charge in [0.1, 0.15) is 6.54 Å². The highest BCUT2D eigenvalue weighted by atomic mass is 16.2. The quantitative estimate of drug-likeness (QED) is 0.685. The molecular weight excluding hydrogens is 278 g/mol. The van der Waals surface area contributed by atoms with E-state index in [9.17, 15) is 9.59 Å². The van der Waals surface area contributed by atoms with Gasteiger partial charge in [0.25, 0.3) is 5.91 Å². The Balaban J connectivity index is 2.46. The van der Waals surface area contributed by atoms with Crippen LogP contribution in [0.25, 0.3) is 0 Å². The van der Waals surface area contributed by atoms with Crippen LogP contribution in [0.2, 0.25) is 0 Å². The fraction of sp³-hybridized carbons (Fsp3) is 0.529. The smallest absolute Gasteiger partial charge is 0.275 e. The first-order chi connectivity index (χ1) is 10.2. The van der Waals surface area contributed by atoms with E-state index in [1.807, 2.05) is 7.05 Å². The zero-order valence-electron chi connectivity index (χ0n) is 14.2. The zero-order valence-corrected chi connectivity index (χ0v) is 14.2. The number of nitrogens with one attached hydrogen (secondary N) is 3. The summed E-state index contributed by atoms with van der Waals surface area (Å²) in [6.07, 6.45) is 0. The molecule has 0 saturated heterocycles. The summed E-state index contributed by atoms with van der Waals surface area (Å²) in [7, 11) is 3.52. The third-order valence-corrected chi connectivity index (χ3v) is 3.51. The molecule has 1 aromatic rings. The number of hydrogen-bond donors (Lipinski definition) is 3. The van der Waals surface area contributed by atoms with E-state index >= 15 is 0 Å². The molecule has 1 rings (SSSR count). The third-order valence-electron chi connectivity index (χ3n) is 3.51. The van der Waals surface area contributed by atoms with E-state index in [0.29, 0.717) is 6.54 Å². The van der Waals surface area contributed by atoms with E-state index < -0.39 is 0 Å². The molecule has 0 spiro atoms. The van der Waals surface area contributed by atoms with Crippen molar-refractivity contribution in [1.29, 1.82) is 0 Å². The van der Waals surface area contributed by atoms with Crippen molar-refractivity contribution in [2.75, 3.05) is 27.2 Å². The monoisotopic (exact) mass is 306 g/mol. The molecule has 0 aliphatic heterocycles. The average Bonchev–Trinajstić information content (AvgIpc) is 2.44. The summed E-state index contributed by atoms with van der Waals surface area (Å²) in [5, 5.41) is 5.08. The molecule has 0 radical (unpaired) electrons. The second-order valence-corrected chi connectivity index (χ2v) is 6.71. The second-order valence-electron chi connectivity index (χ2n) is 6.71. The van der Waals surface area contributed by atoms with Crippen molar-refractivity contribution in [3.05, 3.63) is 35.4 Å². The minimum atomic E-state index is -0.191. The van der Waals surface area contributed by atoms with Crippen LogP contribution in [0.1, 0.15) is 31.9 Å². The van der Waals surface area contributed by atoms with Gasteiger partial charge in [-0.15, -0.1) is 0 Å². The van der Waals surface area contributed by atoms with Gasteiger partial charge in [-0.1, -0.05) is 45.0 Å². The number of carbonyl (C=O) groups is 2. The van der Waals surface area contributed by atoms with Gasteiger partial charge in [-0.3, -0.25) is 9.59 Å². The van der Waals surface area contributed by atoms with Crippen LogP contribution in [0.4, 0.5) is 0 Å². The van der Waals surface area contributed by atoms with Crippen LogP contribution in [0.15, 0.2) is 24.3 Å². The van der Waals surface area contributed by atoms with E-state index in [0.717, 1.165) is 11.4 Å². The van der Waals surface area contributed by atoms with Gasteiger partial charge in [-0.05, 0) is 11.0 Å². The summed E-state index contributed by atoms with van der Waals surface area (Å²) in [5.74, 6) is -0.309. The highest BCUT2D eigenvalue weighted by Crippen LogP contribution is 2.21. The highest BCUT2D eigenvalue weighted by Gasteiger charge is 2.14. The predicted molar refractivity (Wildman–Crippen MR) is 87.7 cm³/mol. The molecule has 5 heteroatoms. The topological polar surface area (TPSA) is 62.6 Å². The molecule has 1 aromatic carbocycles. The van der Waals surface area contributed by atoms with Crippen LogP contribution in [0, 0.1) is 0 Å². The molecule has 0 heterocycles. The maximum absolute atomic E-state index is 11.7. The van der Waals surface area contributed by atoms with Gasteiger partial charge in [0, 0.05) is 12.6 Å². The molecule has 0 saturated carbocycles. The number of quaternary nitrogens is 1. The third kappa shape index (κ3) is 6.26. The van der Waals surface area contributed by atoms with Gasteiger partial charge in [-0.25, -0.2) is 0 Å². The van der Waals surface area contributed by atoms with Gasteiger partial charge in [-0.2, -0.15) is 0 Å². The minimum absolute atomic E-state index is 0.0306. The molecule has 22 heavy (non-hydrogen) atoms. The first-order valence-electron chi connectivity index (χ1n) is 7.60. The lowest BCUT2D eigenvalue weighted by Gasteiger charge is -2.19. The van der Waals surface area contributed by atoms with Gasteiger partial charge in [0.15, 0.2) is 6.54 Å². The average molecular weight is 306 g/mol. The molecule has 0 aliphatic rings. The largest absolute Gasteiger partial charge is 0.358 e. The number of rotatable bonds is 6. The number of carbonyl (C=O) groups excluding carboxylic acids is 2. The maximum atomic E-state index is 11.7. The SMILES string of the molecule is CNC(=O)CNC(=O)C[NH+](C)Cc1ccc(C(C)(C)C)cc1. The molecule has 1 atom stereocenters. The Bertz CT molecular complexity index is 504. The standard InChI is InChI=1S/C17H27N3O2/c1-17(2,3)14-8-6-13(7-9-14)11-20(5)12-16(22)19-10-15(21)18-4/h6-9H,10-12H2,1-5H3,(H,18,21)(H,19,22)/p+1. The molecule has 0 aromatic heterocycles. The highest BCUT2D eigenvalue weighted by molar-refractivity contribution is 5.84. The van der Waals surface area contributed by atoms with Gasteiger partial charge in [0.05, 0.1) is 13.6 Å². The van der Waals surface area contributed by atoms with Crippen molar-refractivity contribution in [2.45, 2.75) is 32.7 Å². The molecule has 0 aliphatic carbocycles. The summed E-state index contributed by atoms with van der Waals surface area (Å²) in [6, 6.07) is 8.53. The number of benzene rings is 1. The fourth-order valence-electron chi connectivity index (χ4n) is 2.14. The number of amides is 2. The predicted octanol–water partition coefficient (Wildman–Crippen LogP) is -0.139. The minimum Gasteiger partial charge on any atom is -0.358 e. The van der Waals surface area contributed by atoms with E-state index in [1.54, 1.807) is 7.05 Å². The van der Waals surface area contributed by atoms with Crippen LogP contribution in [-0.2, 0) is 21.5 Å². The molecule has 2 amide bonds. The summed E-state index contributed by atoms with van der Waals surface area (Å²) in [5.41, 5.74) is 2.65. The molecule has 0 fully saturated rings. The number of likely N-dealkylation sites (N-methyl/N-ethyl adjacent to an activating group) is 2. The van der Waals surface area contributed by atoms with Crippen molar-refractivity contribution in [1.82, 2.24) is 10.6 Å². The molecule has 3 N–H and O–H groups in total. The summed E-state index contributed by atoms with van der Waals surface area (Å²) in [6.45, 7) is 7.72. The first-order valence-corrected chi connectivity index (χ1v) is 7.60. The Hall–Kier alpha value is -1.88. The normalized spacial score (nSPS) is 12.6. The van der Waals surface area contributed by atoms with Crippen molar-refractivity contribution >= 4 is 11.8 Å². The fourth-order valence-corrected chi connectivity index (χ4v) is 2.14. The van der Waals surface area contributed by atoms with Crippen LogP contribution in [-0.4, -0.2) is 39.0 Å². The first kappa shape index (κ1) is 18.2. The van der Waals surface area contributed by atoms with Crippen molar-refractivity contribution in [3.63, 3.8) is 0 Å². The van der Waals surface area contributed by atoms with Crippen LogP contribution in [0.3, 0.4) is 0 Å². The Morgan fingerprint density at radius 2 is 1.68 bits per heavy atom. The van der Waals surface area contributed by atoms with Gasteiger partial charge < -0.3 is 15.5 Å². The van der Waals surface area contributed by atoms with Gasteiger partial charge in [0.2, 0.25) is 5.91 Å². The Morgan fingerprint density at radius 1 is 1.09 bits per heavy atom. The maximum Gasteiger partial charge on any atom is 0.275 e. The molecule has 1 unspecified atom stereocenters. The van der Waals surface area contributed by atoms with Crippen LogP contribution >= 0.6 is 0 Å². The van der Waals surface area contributed by atoms with Crippen LogP contribution in [0.5, 0.6) is 0 Å². The van der Waals surface area contributed by atoms with Crippen LogP contribution < -0.4 is 15.5 Å². The van der Waals surface area contributed by atoms with E-state index in [4.69, 9.17) is 0 Å². The molecular formula is C17H28N3O2+. The summed E-state index contributed by atoms with van der Waals surface area (Å²) >= 11 is 0. The lowest BCUT2D eigenvalue weighted by molar-refractivity contribution is -0.885. The summed E-state index contributed by atoms with van der Waals surface area (Å²) < 4.78 is 0. The van der Waals surface area contributed by atoms with E-state index in [1.165, 1.54) is 11.1 Å². The van der Waals surface area contributed by atoms with E-state index in [-0.39, 0.29) is 23.8 Å². The molecule has 122 valence electrons. The second kappa shape index (κ2) is 7.94. The van der Waals surface area contributed by atoms with Crippen molar-refractivity contribution in [2.24, 2.45) is 0 Å². The summed E-state index contributed by atoms with van der Waals surface area (Å²) in [4.78, 5) is 23.9. The lowest BCUT2D eigenvalue weighted by Crippen LogP contribution is -3.08. The zero-order chi connectivity index (χ0) is 16.8.